The summed E-state index contributed by atoms with van der Waals surface area (Å²) in [6.07, 6.45) is 2.03. The fraction of sp³-hybridized carbons (Fsp3) is 0.692. The Kier molecular flexibility index (Phi) is 4.93. The number of nitrogen functional groups attached to an aromatic ring is 1. The van der Waals surface area contributed by atoms with Crippen molar-refractivity contribution < 1.29 is 0 Å². The fourth-order valence-corrected chi connectivity index (χ4v) is 2.39. The third-order valence-corrected chi connectivity index (χ3v) is 3.46. The van der Waals surface area contributed by atoms with Gasteiger partial charge in [0.15, 0.2) is 0 Å². The van der Waals surface area contributed by atoms with Gasteiger partial charge in [0.25, 0.3) is 0 Å². The van der Waals surface area contributed by atoms with Gasteiger partial charge < -0.3 is 10.3 Å². The first kappa shape index (κ1) is 14.0. The zero-order chi connectivity index (χ0) is 13.7. The first-order chi connectivity index (χ1) is 9.26. The van der Waals surface area contributed by atoms with Gasteiger partial charge in [0.2, 0.25) is 0 Å². The van der Waals surface area contributed by atoms with Crippen LogP contribution in [0.4, 0.5) is 11.6 Å². The first-order valence-electron chi connectivity index (χ1n) is 7.08. The average molecular weight is 264 g/mol. The number of hydrogen-bond donors (Lipinski definition) is 2. The van der Waals surface area contributed by atoms with Crippen molar-refractivity contribution in [3.8, 4) is 0 Å². The second-order valence-corrected chi connectivity index (χ2v) is 4.85. The molecule has 0 aromatic carbocycles. The topological polar surface area (TPSA) is 70.3 Å². The Morgan fingerprint density at radius 2 is 1.95 bits per heavy atom. The molecule has 1 aromatic heterocycles. The summed E-state index contributed by atoms with van der Waals surface area (Å²) in [7, 11) is 0. The fourth-order valence-electron chi connectivity index (χ4n) is 2.39. The van der Waals surface area contributed by atoms with E-state index in [0.717, 1.165) is 44.2 Å². The van der Waals surface area contributed by atoms with Gasteiger partial charge in [-0.15, -0.1) is 0 Å². The summed E-state index contributed by atoms with van der Waals surface area (Å²) in [5.74, 6) is 7.98. The summed E-state index contributed by atoms with van der Waals surface area (Å²) in [5.41, 5.74) is 2.62. The van der Waals surface area contributed by atoms with Crippen LogP contribution in [0.1, 0.15) is 26.1 Å². The molecule has 0 amide bonds. The molecule has 3 N–H and O–H groups in total. The van der Waals surface area contributed by atoms with Crippen molar-refractivity contribution in [2.75, 3.05) is 43.0 Å². The molecular weight excluding hydrogens is 240 g/mol. The predicted octanol–water partition coefficient (Wildman–Crippen LogP) is 0.857. The minimum atomic E-state index is 0.692. The van der Waals surface area contributed by atoms with Crippen molar-refractivity contribution in [2.45, 2.75) is 26.7 Å². The lowest BCUT2D eigenvalue weighted by Crippen LogP contribution is -2.46. The molecule has 0 unspecified atom stereocenters. The van der Waals surface area contributed by atoms with Crippen LogP contribution in [0, 0.1) is 0 Å². The van der Waals surface area contributed by atoms with Gasteiger partial charge in [0, 0.05) is 38.7 Å². The van der Waals surface area contributed by atoms with E-state index in [1.807, 2.05) is 6.07 Å². The summed E-state index contributed by atoms with van der Waals surface area (Å²) in [6, 6.07) is 1.93. The number of rotatable bonds is 5. The second kappa shape index (κ2) is 6.68. The Bertz CT molecular complexity index is 378. The van der Waals surface area contributed by atoms with Crippen LogP contribution >= 0.6 is 0 Å². The molecule has 0 atom stereocenters. The standard InChI is InChI=1S/C13H24N6/c1-3-5-18-6-8-19(9-7-18)13-10-12(17-14)15-11(4-2)16-13/h10H,3-9,14H2,1-2H3,(H,15,16,17). The molecule has 106 valence electrons. The minimum absolute atomic E-state index is 0.692. The van der Waals surface area contributed by atoms with Crippen LogP contribution in [0.2, 0.25) is 0 Å². The van der Waals surface area contributed by atoms with Crippen molar-refractivity contribution in [2.24, 2.45) is 5.84 Å². The Morgan fingerprint density at radius 3 is 2.53 bits per heavy atom. The van der Waals surface area contributed by atoms with Gasteiger partial charge in [-0.05, 0) is 13.0 Å². The van der Waals surface area contributed by atoms with Gasteiger partial charge in [0.1, 0.15) is 17.5 Å². The summed E-state index contributed by atoms with van der Waals surface area (Å²) >= 11 is 0. The summed E-state index contributed by atoms with van der Waals surface area (Å²) in [4.78, 5) is 13.7. The number of piperazine rings is 1. The molecule has 2 rings (SSSR count). The van der Waals surface area contributed by atoms with Gasteiger partial charge in [-0.25, -0.2) is 15.8 Å². The van der Waals surface area contributed by atoms with E-state index in [9.17, 15) is 0 Å². The van der Waals surface area contributed by atoms with Crippen LogP contribution in [-0.2, 0) is 6.42 Å². The zero-order valence-corrected chi connectivity index (χ0v) is 11.9. The van der Waals surface area contributed by atoms with Crippen LogP contribution in [0.5, 0.6) is 0 Å². The number of hydrogen-bond acceptors (Lipinski definition) is 6. The third-order valence-electron chi connectivity index (χ3n) is 3.46. The van der Waals surface area contributed by atoms with Crippen LogP contribution in [0.3, 0.4) is 0 Å². The van der Waals surface area contributed by atoms with Crippen molar-refractivity contribution in [3.05, 3.63) is 11.9 Å². The van der Waals surface area contributed by atoms with Crippen LogP contribution < -0.4 is 16.2 Å². The molecular formula is C13H24N6. The van der Waals surface area contributed by atoms with E-state index in [2.05, 4.69) is 39.0 Å². The van der Waals surface area contributed by atoms with Crippen molar-refractivity contribution in [3.63, 3.8) is 0 Å². The maximum atomic E-state index is 5.47. The molecule has 2 heterocycles. The van der Waals surface area contributed by atoms with Crippen molar-refractivity contribution >= 4 is 11.6 Å². The molecule has 0 bridgehead atoms. The summed E-state index contributed by atoms with van der Waals surface area (Å²) in [5, 5.41) is 0. The lowest BCUT2D eigenvalue weighted by atomic mass is 10.3. The lowest BCUT2D eigenvalue weighted by Gasteiger charge is -2.35. The molecule has 0 radical (unpaired) electrons. The average Bonchev–Trinajstić information content (AvgIpc) is 2.47. The van der Waals surface area contributed by atoms with E-state index < -0.39 is 0 Å². The monoisotopic (exact) mass is 264 g/mol. The smallest absolute Gasteiger partial charge is 0.145 e. The molecule has 19 heavy (non-hydrogen) atoms. The SMILES string of the molecule is CCCN1CCN(c2cc(NN)nc(CC)n2)CC1. The maximum Gasteiger partial charge on any atom is 0.145 e. The molecule has 1 aromatic rings. The largest absolute Gasteiger partial charge is 0.354 e. The number of anilines is 2. The van der Waals surface area contributed by atoms with Gasteiger partial charge in [0.05, 0.1) is 0 Å². The zero-order valence-electron chi connectivity index (χ0n) is 11.9. The van der Waals surface area contributed by atoms with E-state index in [-0.39, 0.29) is 0 Å². The van der Waals surface area contributed by atoms with Crippen molar-refractivity contribution in [1.29, 1.82) is 0 Å². The number of aromatic nitrogens is 2. The van der Waals surface area contributed by atoms with E-state index in [0.29, 0.717) is 5.82 Å². The molecule has 1 fully saturated rings. The number of nitrogens with two attached hydrogens (primary N) is 1. The summed E-state index contributed by atoms with van der Waals surface area (Å²) in [6.45, 7) is 9.71. The highest BCUT2D eigenvalue weighted by molar-refractivity contribution is 5.49. The van der Waals surface area contributed by atoms with Gasteiger partial charge in [-0.2, -0.15) is 0 Å². The summed E-state index contributed by atoms with van der Waals surface area (Å²) < 4.78 is 0. The molecule has 0 aliphatic carbocycles. The molecule has 0 spiro atoms. The highest BCUT2D eigenvalue weighted by Crippen LogP contribution is 2.17. The van der Waals surface area contributed by atoms with Gasteiger partial charge in [-0.1, -0.05) is 13.8 Å². The number of nitrogens with one attached hydrogen (secondary N) is 1. The van der Waals surface area contributed by atoms with Crippen LogP contribution in [-0.4, -0.2) is 47.6 Å². The number of hydrazine groups is 1. The normalized spacial score (nSPS) is 16.7. The lowest BCUT2D eigenvalue weighted by molar-refractivity contribution is 0.258. The van der Waals surface area contributed by atoms with Gasteiger partial charge in [-0.3, -0.25) is 4.90 Å². The second-order valence-electron chi connectivity index (χ2n) is 4.85. The quantitative estimate of drug-likeness (QED) is 0.607. The molecule has 1 aliphatic heterocycles. The molecule has 6 heteroatoms. The van der Waals surface area contributed by atoms with E-state index in [1.54, 1.807) is 0 Å². The minimum Gasteiger partial charge on any atom is -0.354 e. The molecule has 1 aliphatic rings. The molecule has 6 nitrogen and oxygen atoms in total. The molecule has 0 saturated carbocycles. The highest BCUT2D eigenvalue weighted by Gasteiger charge is 2.18. The van der Waals surface area contributed by atoms with Crippen LogP contribution in [0.25, 0.3) is 0 Å². The Balaban J connectivity index is 2.06. The number of nitrogens with zero attached hydrogens (tertiary/aromatic N) is 4. The van der Waals surface area contributed by atoms with Gasteiger partial charge >= 0.3 is 0 Å². The predicted molar refractivity (Wildman–Crippen MR) is 78.2 cm³/mol. The third kappa shape index (κ3) is 3.54. The van der Waals surface area contributed by atoms with Crippen LogP contribution in [0.15, 0.2) is 6.07 Å². The maximum absolute atomic E-state index is 5.47. The van der Waals surface area contributed by atoms with E-state index >= 15 is 0 Å². The van der Waals surface area contributed by atoms with Crippen molar-refractivity contribution in [1.82, 2.24) is 14.9 Å². The van der Waals surface area contributed by atoms with E-state index in [1.165, 1.54) is 13.0 Å². The Hall–Kier alpha value is -1.40. The molecule has 1 saturated heterocycles. The first-order valence-corrected chi connectivity index (χ1v) is 7.08. The number of aryl methyl sites for hydroxylation is 1. The Labute approximate surface area is 115 Å². The van der Waals surface area contributed by atoms with E-state index in [4.69, 9.17) is 5.84 Å². The Morgan fingerprint density at radius 1 is 1.21 bits per heavy atom. The highest BCUT2D eigenvalue weighted by atomic mass is 15.3.